The third-order valence-corrected chi connectivity index (χ3v) is 10.6. The summed E-state index contributed by atoms with van der Waals surface area (Å²) in [6, 6.07) is 8.33. The lowest BCUT2D eigenvalue weighted by molar-refractivity contribution is -0.280. The Balaban J connectivity index is 1.13. The molecular weight excluding hydrogens is 696 g/mol. The zero-order valence-corrected chi connectivity index (χ0v) is 29.6. The molecule has 15 nitrogen and oxygen atoms in total. The number of hydrogen-bond acceptors (Lipinski definition) is 15. The van der Waals surface area contributed by atoms with Crippen molar-refractivity contribution in [3.05, 3.63) is 70.4 Å². The molecule has 2 saturated heterocycles. The summed E-state index contributed by atoms with van der Waals surface area (Å²) in [4.78, 5) is 25.8. The second-order valence-corrected chi connectivity index (χ2v) is 14.4. The van der Waals surface area contributed by atoms with Crippen LogP contribution in [0.5, 0.6) is 23.0 Å². The van der Waals surface area contributed by atoms with Crippen LogP contribution in [-0.2, 0) is 19.0 Å². The summed E-state index contributed by atoms with van der Waals surface area (Å²) >= 11 is 0. The summed E-state index contributed by atoms with van der Waals surface area (Å²) in [5.74, 6) is -1.92. The number of aliphatic hydroxyl groups excluding tert-OH is 4. The van der Waals surface area contributed by atoms with E-state index in [-0.39, 0.29) is 40.2 Å². The van der Waals surface area contributed by atoms with Crippen LogP contribution in [0.15, 0.2) is 69.4 Å². The van der Waals surface area contributed by atoms with Crippen LogP contribution in [0.4, 0.5) is 0 Å². The van der Waals surface area contributed by atoms with Crippen molar-refractivity contribution in [2.24, 2.45) is 5.41 Å². The molecule has 9 atom stereocenters. The number of methoxy groups -OCH3 is 1. The Morgan fingerprint density at radius 1 is 1.04 bits per heavy atom. The van der Waals surface area contributed by atoms with E-state index in [0.717, 1.165) is 6.08 Å². The van der Waals surface area contributed by atoms with Gasteiger partial charge in [0.25, 0.3) is 0 Å². The van der Waals surface area contributed by atoms with Crippen molar-refractivity contribution in [3.63, 3.8) is 0 Å². The van der Waals surface area contributed by atoms with E-state index in [0.29, 0.717) is 25.0 Å². The number of ether oxygens (including phenoxy) is 5. The highest BCUT2D eigenvalue weighted by Gasteiger charge is 2.67. The Kier molecular flexibility index (Phi) is 10.4. The summed E-state index contributed by atoms with van der Waals surface area (Å²) in [5.41, 5.74) is -3.01. The Morgan fingerprint density at radius 3 is 2.42 bits per heavy atom. The van der Waals surface area contributed by atoms with Crippen molar-refractivity contribution in [1.29, 1.82) is 0 Å². The zero-order chi connectivity index (χ0) is 38.5. The standard InChI is InChI=1S/C38H44O15/c1-19(6-5-11-38(47)36(2)15-21(40)16-37(38,3)49-18-36)12-27(42)53-34-29(43)26(17-39)52-35(32(34)46)50-22-9-7-20(8-10-22)33-31(45)30(44)28-24(41)13-23(48-4)14-25(28)51-33/h5-10,12-14,21,26,29,32,34-35,39-41,43,45-47H,11,15-18H2,1-4H3/b6-5+,19-12-/t21-,26+,29+,32+,34-,35+,36+,37+,38-/m0/s1. The first-order chi connectivity index (χ1) is 25.0. The number of aromatic hydroxyl groups is 2. The van der Waals surface area contributed by atoms with E-state index in [1.54, 1.807) is 26.0 Å². The van der Waals surface area contributed by atoms with E-state index in [4.69, 9.17) is 28.1 Å². The molecule has 3 heterocycles. The molecule has 6 rings (SSSR count). The average molecular weight is 741 g/mol. The molecule has 3 fully saturated rings. The van der Waals surface area contributed by atoms with Crippen molar-refractivity contribution in [1.82, 2.24) is 0 Å². The van der Waals surface area contributed by atoms with Crippen LogP contribution in [-0.4, -0.2) is 110 Å². The van der Waals surface area contributed by atoms with Crippen molar-refractivity contribution in [2.75, 3.05) is 20.3 Å². The molecule has 0 spiro atoms. The van der Waals surface area contributed by atoms with Crippen LogP contribution < -0.4 is 14.9 Å². The Bertz CT molecular complexity index is 1950. The average Bonchev–Trinajstić information content (AvgIpc) is 3.19. The topological polar surface area (TPSA) is 235 Å². The molecule has 2 aromatic carbocycles. The molecule has 1 aromatic heterocycles. The first-order valence-electron chi connectivity index (χ1n) is 17.1. The van der Waals surface area contributed by atoms with E-state index in [2.05, 4.69) is 0 Å². The predicted molar refractivity (Wildman–Crippen MR) is 186 cm³/mol. The number of carbonyl (C=O) groups is 1. The van der Waals surface area contributed by atoms with Gasteiger partial charge in [0.05, 0.1) is 32.0 Å². The molecular formula is C38H44O15. The summed E-state index contributed by atoms with van der Waals surface area (Å²) < 4.78 is 33.6. The van der Waals surface area contributed by atoms with Gasteiger partial charge in [0.15, 0.2) is 18.0 Å². The lowest BCUT2D eigenvalue weighted by Gasteiger charge is -2.50. The number of carbonyl (C=O) groups excluding carboxylic acids is 1. The summed E-state index contributed by atoms with van der Waals surface area (Å²) in [7, 11) is 1.37. The smallest absolute Gasteiger partial charge is 0.331 e. The fourth-order valence-corrected chi connectivity index (χ4v) is 7.66. The number of esters is 1. The van der Waals surface area contributed by atoms with Gasteiger partial charge >= 0.3 is 5.97 Å². The maximum atomic E-state index is 12.9. The molecule has 2 bridgehead atoms. The molecule has 15 heteroatoms. The van der Waals surface area contributed by atoms with Gasteiger partial charge in [-0.2, -0.15) is 0 Å². The van der Waals surface area contributed by atoms with Gasteiger partial charge in [-0.05, 0) is 56.5 Å². The van der Waals surface area contributed by atoms with Gasteiger partial charge in [-0.1, -0.05) is 19.1 Å². The molecule has 3 aliphatic rings. The van der Waals surface area contributed by atoms with E-state index in [9.17, 15) is 45.3 Å². The highest BCUT2D eigenvalue weighted by molar-refractivity contribution is 5.88. The van der Waals surface area contributed by atoms with Crippen LogP contribution in [0.1, 0.15) is 40.0 Å². The summed E-state index contributed by atoms with van der Waals surface area (Å²) in [6.07, 6.45) is -2.88. The second kappa shape index (κ2) is 14.4. The number of fused-ring (bicyclic) bond motifs is 3. The Labute approximate surface area is 303 Å². The number of hydrogen-bond donors (Lipinski definition) is 7. The van der Waals surface area contributed by atoms with Crippen molar-refractivity contribution < 1.29 is 68.6 Å². The molecule has 286 valence electrons. The molecule has 0 amide bonds. The van der Waals surface area contributed by atoms with Gasteiger partial charge in [0.2, 0.25) is 17.5 Å². The van der Waals surface area contributed by atoms with Crippen molar-refractivity contribution >= 4 is 16.9 Å². The van der Waals surface area contributed by atoms with E-state index >= 15 is 0 Å². The number of rotatable bonds is 10. The SMILES string of the molecule is COc1cc(O)c2c(=O)c(O)c(-c3ccc(O[C@@H]4O[C@H](CO)[C@@H](O)[C@H](OC(=O)/C=C(C)\C=C\C[C@]5(O)[C@@]6(C)CO[C@]5(C)C[C@@H](O)C6)[C@H]4O)cc3)oc2c1. The number of phenols is 1. The van der Waals surface area contributed by atoms with E-state index in [1.807, 2.05) is 6.92 Å². The molecule has 0 radical (unpaired) electrons. The number of aliphatic hydroxyl groups is 5. The molecule has 2 aliphatic heterocycles. The van der Waals surface area contributed by atoms with Gasteiger partial charge in [0.1, 0.15) is 46.0 Å². The Hall–Kier alpha value is -4.48. The summed E-state index contributed by atoms with van der Waals surface area (Å²) in [6.45, 7) is 4.92. The van der Waals surface area contributed by atoms with E-state index in [1.165, 1.54) is 43.5 Å². The van der Waals surface area contributed by atoms with Crippen LogP contribution >= 0.6 is 0 Å². The monoisotopic (exact) mass is 740 g/mol. The van der Waals surface area contributed by atoms with Gasteiger partial charge in [0, 0.05) is 35.6 Å². The third-order valence-electron chi connectivity index (χ3n) is 10.6. The normalized spacial score (nSPS) is 33.0. The minimum atomic E-state index is -1.71. The zero-order valence-electron chi connectivity index (χ0n) is 29.6. The van der Waals surface area contributed by atoms with Gasteiger partial charge in [-0.15, -0.1) is 0 Å². The Morgan fingerprint density at radius 2 is 1.75 bits per heavy atom. The van der Waals surface area contributed by atoms with E-state index < -0.39 is 82.9 Å². The van der Waals surface area contributed by atoms with Gasteiger partial charge < -0.3 is 63.8 Å². The maximum Gasteiger partial charge on any atom is 0.331 e. The largest absolute Gasteiger partial charge is 0.507 e. The van der Waals surface area contributed by atoms with Crippen LogP contribution in [0.25, 0.3) is 22.3 Å². The molecule has 7 N–H and O–H groups in total. The second-order valence-electron chi connectivity index (χ2n) is 14.4. The predicted octanol–water partition coefficient (Wildman–Crippen LogP) is 2.18. The number of phenolic OH excluding ortho intramolecular Hbond substituents is 1. The van der Waals surface area contributed by atoms with Crippen LogP contribution in [0.2, 0.25) is 0 Å². The highest BCUT2D eigenvalue weighted by atomic mass is 16.7. The van der Waals surface area contributed by atoms with Crippen molar-refractivity contribution in [2.45, 2.75) is 88.0 Å². The van der Waals surface area contributed by atoms with Gasteiger partial charge in [-0.3, -0.25) is 4.79 Å². The molecule has 1 saturated carbocycles. The first-order valence-corrected chi connectivity index (χ1v) is 17.1. The summed E-state index contributed by atoms with van der Waals surface area (Å²) in [5, 5.41) is 74.4. The van der Waals surface area contributed by atoms with Crippen LogP contribution in [0, 0.1) is 5.41 Å². The minimum absolute atomic E-state index is 0.0286. The van der Waals surface area contributed by atoms with Crippen molar-refractivity contribution in [3.8, 4) is 34.3 Å². The highest BCUT2D eigenvalue weighted by Crippen LogP contribution is 2.58. The fraction of sp³-hybridized carbons (Fsp3) is 0.474. The van der Waals surface area contributed by atoms with Crippen LogP contribution in [0.3, 0.4) is 0 Å². The third kappa shape index (κ3) is 6.89. The quantitative estimate of drug-likeness (QED) is 0.0897. The van der Waals surface area contributed by atoms with Gasteiger partial charge in [-0.25, -0.2) is 4.79 Å². The maximum absolute atomic E-state index is 12.9. The fourth-order valence-electron chi connectivity index (χ4n) is 7.66. The molecule has 0 unspecified atom stereocenters. The lowest BCUT2D eigenvalue weighted by Crippen LogP contribution is -2.61. The minimum Gasteiger partial charge on any atom is -0.507 e. The first kappa shape index (κ1) is 38.3. The number of benzene rings is 2. The molecule has 1 aliphatic carbocycles. The molecule has 53 heavy (non-hydrogen) atoms. The molecule has 3 aromatic rings. The lowest BCUT2D eigenvalue weighted by atomic mass is 9.58. The number of allylic oxidation sites excluding steroid dienone is 2.